The molecule has 1 aromatic carbocycles. The van der Waals surface area contributed by atoms with Crippen LogP contribution in [0.5, 0.6) is 11.5 Å². The highest BCUT2D eigenvalue weighted by atomic mass is 32.1. The predicted molar refractivity (Wildman–Crippen MR) is 97.7 cm³/mol. The van der Waals surface area contributed by atoms with Crippen LogP contribution in [0.25, 0.3) is 17.3 Å². The average molecular weight is 370 g/mol. The van der Waals surface area contributed by atoms with Crippen LogP contribution in [0.1, 0.15) is 10.6 Å². The Morgan fingerprint density at radius 1 is 1.27 bits per heavy atom. The number of hydrogen-bond donors (Lipinski definition) is 0. The van der Waals surface area contributed by atoms with Crippen molar-refractivity contribution in [3.8, 4) is 22.8 Å². The first-order chi connectivity index (χ1) is 12.5. The number of thiazole rings is 1. The highest BCUT2D eigenvalue weighted by Crippen LogP contribution is 2.26. The van der Waals surface area contributed by atoms with E-state index in [1.54, 1.807) is 24.5 Å². The number of nitrogens with zero attached hydrogens (tertiary/aromatic N) is 2. The molecule has 0 saturated carbocycles. The van der Waals surface area contributed by atoms with Crippen LogP contribution in [0, 0.1) is 12.7 Å². The van der Waals surface area contributed by atoms with Crippen molar-refractivity contribution in [1.82, 2.24) is 9.97 Å². The molecular weight excluding hydrogens is 355 g/mol. The predicted octanol–water partition coefficient (Wildman–Crippen LogP) is 4.28. The molecule has 0 aliphatic heterocycles. The molecule has 0 spiro atoms. The summed E-state index contributed by atoms with van der Waals surface area (Å²) in [5.74, 6) is -0.888. The lowest BCUT2D eigenvalue weighted by molar-refractivity contribution is -0.129. The van der Waals surface area contributed by atoms with Crippen molar-refractivity contribution >= 4 is 23.4 Å². The van der Waals surface area contributed by atoms with Gasteiger partial charge in [-0.1, -0.05) is 0 Å². The maximum Gasteiger partial charge on any atom is 0.336 e. The van der Waals surface area contributed by atoms with E-state index in [9.17, 15) is 9.18 Å². The van der Waals surface area contributed by atoms with Gasteiger partial charge in [-0.05, 0) is 42.8 Å². The van der Waals surface area contributed by atoms with Crippen molar-refractivity contribution in [2.45, 2.75) is 6.92 Å². The Morgan fingerprint density at radius 3 is 2.81 bits per heavy atom. The maximum atomic E-state index is 14.2. The third-order valence-corrected chi connectivity index (χ3v) is 4.21. The van der Waals surface area contributed by atoms with E-state index in [0.29, 0.717) is 22.6 Å². The van der Waals surface area contributed by atoms with Gasteiger partial charge in [0.05, 0.1) is 24.0 Å². The van der Waals surface area contributed by atoms with Crippen LogP contribution >= 0.6 is 11.3 Å². The monoisotopic (exact) mass is 370 g/mol. The van der Waals surface area contributed by atoms with Crippen LogP contribution in [0.15, 0.2) is 48.1 Å². The van der Waals surface area contributed by atoms with Gasteiger partial charge < -0.3 is 9.47 Å². The zero-order chi connectivity index (χ0) is 18.5. The largest absolute Gasteiger partial charge is 0.495 e. The fraction of sp³-hybridized carbons (Fsp3) is 0.105. The third-order valence-electron chi connectivity index (χ3n) is 3.44. The van der Waals surface area contributed by atoms with Crippen LogP contribution < -0.4 is 9.47 Å². The van der Waals surface area contributed by atoms with Gasteiger partial charge in [0, 0.05) is 23.2 Å². The van der Waals surface area contributed by atoms with Gasteiger partial charge >= 0.3 is 5.97 Å². The van der Waals surface area contributed by atoms with Crippen LogP contribution in [0.2, 0.25) is 0 Å². The van der Waals surface area contributed by atoms with Crippen LogP contribution in [0.3, 0.4) is 0 Å². The van der Waals surface area contributed by atoms with Crippen molar-refractivity contribution in [3.63, 3.8) is 0 Å². The average Bonchev–Trinajstić information content (AvgIpc) is 3.08. The molecule has 3 rings (SSSR count). The lowest BCUT2D eigenvalue weighted by Crippen LogP contribution is -2.05. The van der Waals surface area contributed by atoms with E-state index >= 15 is 0 Å². The molecule has 3 aromatic rings. The number of hydrogen-bond acceptors (Lipinski definition) is 6. The molecule has 26 heavy (non-hydrogen) atoms. The number of rotatable bonds is 5. The SMILES string of the molecule is COc1cncc(/C=C/C(=O)Oc2ccc(-c3csc(C)n3)cc2F)c1. The third kappa shape index (κ3) is 4.31. The minimum absolute atomic E-state index is 0.140. The molecule has 0 unspecified atom stereocenters. The summed E-state index contributed by atoms with van der Waals surface area (Å²) in [6, 6.07) is 6.09. The second kappa shape index (κ2) is 7.88. The van der Waals surface area contributed by atoms with Gasteiger partial charge in [-0.2, -0.15) is 0 Å². The minimum atomic E-state index is -0.691. The van der Waals surface area contributed by atoms with E-state index < -0.39 is 11.8 Å². The summed E-state index contributed by atoms with van der Waals surface area (Å²) in [4.78, 5) is 20.2. The number of methoxy groups -OCH3 is 1. The lowest BCUT2D eigenvalue weighted by atomic mass is 10.1. The number of esters is 1. The van der Waals surface area contributed by atoms with Crippen molar-refractivity contribution < 1.29 is 18.7 Å². The Morgan fingerprint density at radius 2 is 2.12 bits per heavy atom. The molecule has 2 aromatic heterocycles. The molecule has 0 bridgehead atoms. The molecule has 0 amide bonds. The van der Waals surface area contributed by atoms with Gasteiger partial charge in [-0.25, -0.2) is 14.2 Å². The quantitative estimate of drug-likeness (QED) is 0.381. The van der Waals surface area contributed by atoms with Crippen molar-refractivity contribution in [1.29, 1.82) is 0 Å². The van der Waals surface area contributed by atoms with Gasteiger partial charge in [0.1, 0.15) is 5.75 Å². The molecular formula is C19H15FN2O3S. The first kappa shape index (κ1) is 17.8. The number of ether oxygens (including phenoxy) is 2. The molecule has 0 aliphatic carbocycles. The summed E-state index contributed by atoms with van der Waals surface area (Å²) in [5, 5.41) is 2.74. The maximum absolute atomic E-state index is 14.2. The molecule has 132 valence electrons. The minimum Gasteiger partial charge on any atom is -0.495 e. The number of halogens is 1. The fourth-order valence-electron chi connectivity index (χ4n) is 2.18. The molecule has 0 fully saturated rings. The first-order valence-corrected chi connectivity index (χ1v) is 8.54. The number of carbonyl (C=O) groups is 1. The summed E-state index contributed by atoms with van der Waals surface area (Å²) < 4.78 is 24.3. The summed E-state index contributed by atoms with van der Waals surface area (Å²) in [7, 11) is 1.53. The Bertz CT molecular complexity index is 969. The van der Waals surface area contributed by atoms with Crippen molar-refractivity contribution in [2.75, 3.05) is 7.11 Å². The van der Waals surface area contributed by atoms with E-state index in [2.05, 4.69) is 9.97 Å². The summed E-state index contributed by atoms with van der Waals surface area (Å²) >= 11 is 1.48. The number of aryl methyl sites for hydroxylation is 1. The van der Waals surface area contributed by atoms with E-state index in [1.807, 2.05) is 12.3 Å². The second-order valence-corrected chi connectivity index (χ2v) is 6.37. The van der Waals surface area contributed by atoms with Crippen molar-refractivity contribution in [3.05, 3.63) is 64.5 Å². The topological polar surface area (TPSA) is 61.3 Å². The van der Waals surface area contributed by atoms with Crippen molar-refractivity contribution in [2.24, 2.45) is 0 Å². The molecule has 0 atom stereocenters. The number of pyridine rings is 1. The Kier molecular flexibility index (Phi) is 5.38. The Balaban J connectivity index is 1.70. The molecule has 0 saturated heterocycles. The molecule has 5 nitrogen and oxygen atoms in total. The van der Waals surface area contributed by atoms with E-state index in [0.717, 1.165) is 5.01 Å². The molecule has 0 radical (unpaired) electrons. The highest BCUT2D eigenvalue weighted by molar-refractivity contribution is 7.09. The summed E-state index contributed by atoms with van der Waals surface area (Å²) in [6.07, 6.45) is 5.84. The molecule has 7 heteroatoms. The zero-order valence-electron chi connectivity index (χ0n) is 14.1. The lowest BCUT2D eigenvalue weighted by Gasteiger charge is -2.05. The van der Waals surface area contributed by atoms with Crippen LogP contribution in [-0.2, 0) is 4.79 Å². The van der Waals surface area contributed by atoms with Crippen LogP contribution in [-0.4, -0.2) is 23.0 Å². The van der Waals surface area contributed by atoms with Gasteiger partial charge in [0.15, 0.2) is 11.6 Å². The van der Waals surface area contributed by atoms with Gasteiger partial charge in [-0.3, -0.25) is 4.98 Å². The van der Waals surface area contributed by atoms with E-state index in [-0.39, 0.29) is 5.75 Å². The smallest absolute Gasteiger partial charge is 0.336 e. The zero-order valence-corrected chi connectivity index (χ0v) is 14.9. The molecule has 2 heterocycles. The normalized spacial score (nSPS) is 10.9. The Hall–Kier alpha value is -3.06. The van der Waals surface area contributed by atoms with Crippen LogP contribution in [0.4, 0.5) is 4.39 Å². The molecule has 0 N–H and O–H groups in total. The highest BCUT2D eigenvalue weighted by Gasteiger charge is 2.10. The standard InChI is InChI=1S/C19H15FN2O3S/c1-12-22-17(11-26-12)14-4-5-18(16(20)8-14)25-19(23)6-3-13-7-15(24-2)10-21-9-13/h3-11H,1-2H3/b6-3+. The molecule has 0 aliphatic rings. The number of aromatic nitrogens is 2. The van der Waals surface area contributed by atoms with Gasteiger partial charge in [0.2, 0.25) is 0 Å². The number of carbonyl (C=O) groups excluding carboxylic acids is 1. The van der Waals surface area contributed by atoms with E-state index in [1.165, 1.54) is 42.7 Å². The number of benzene rings is 1. The van der Waals surface area contributed by atoms with Gasteiger partial charge in [-0.15, -0.1) is 11.3 Å². The second-order valence-electron chi connectivity index (χ2n) is 5.31. The van der Waals surface area contributed by atoms with E-state index in [4.69, 9.17) is 9.47 Å². The summed E-state index contributed by atoms with van der Waals surface area (Å²) in [6.45, 7) is 1.88. The first-order valence-electron chi connectivity index (χ1n) is 7.66. The van der Waals surface area contributed by atoms with Gasteiger partial charge in [0.25, 0.3) is 0 Å². The summed E-state index contributed by atoms with van der Waals surface area (Å²) in [5.41, 5.74) is 1.98. The fourth-order valence-corrected chi connectivity index (χ4v) is 2.81. The Labute approximate surface area is 153 Å².